The molecule has 7 heteroatoms. The van der Waals surface area contributed by atoms with E-state index in [2.05, 4.69) is 10.0 Å². The Morgan fingerprint density at radius 3 is 2.07 bits per heavy atom. The van der Waals surface area contributed by atoms with E-state index in [9.17, 15) is 13.2 Å². The van der Waals surface area contributed by atoms with Gasteiger partial charge in [-0.05, 0) is 49.7 Å². The van der Waals surface area contributed by atoms with E-state index >= 15 is 0 Å². The Balaban J connectivity index is 1.70. The summed E-state index contributed by atoms with van der Waals surface area (Å²) < 4.78 is 27.5. The molecule has 0 saturated carbocycles. The van der Waals surface area contributed by atoms with Crippen molar-refractivity contribution >= 4 is 33.2 Å². The normalized spacial score (nSPS) is 11.1. The summed E-state index contributed by atoms with van der Waals surface area (Å²) in [7, 11) is -3.74. The van der Waals surface area contributed by atoms with E-state index in [-0.39, 0.29) is 27.1 Å². The van der Waals surface area contributed by atoms with Crippen LogP contribution in [0.15, 0.2) is 71.6 Å². The summed E-state index contributed by atoms with van der Waals surface area (Å²) in [4.78, 5) is 12.6. The number of aryl methyl sites for hydroxylation is 2. The van der Waals surface area contributed by atoms with Crippen LogP contribution in [0.25, 0.3) is 0 Å². The molecule has 0 aliphatic carbocycles. The summed E-state index contributed by atoms with van der Waals surface area (Å²) in [6.07, 6.45) is 0. The highest BCUT2D eigenvalue weighted by Gasteiger charge is 2.16. The Labute approximate surface area is 175 Å². The van der Waals surface area contributed by atoms with Crippen LogP contribution in [0.2, 0.25) is 5.02 Å². The minimum Gasteiger partial charge on any atom is -0.348 e. The predicted molar refractivity (Wildman–Crippen MR) is 116 cm³/mol. The Hall–Kier alpha value is -2.83. The molecule has 29 heavy (non-hydrogen) atoms. The number of rotatable bonds is 6. The zero-order valence-electron chi connectivity index (χ0n) is 16.1. The fourth-order valence-corrected chi connectivity index (χ4v) is 3.99. The first-order valence-electron chi connectivity index (χ1n) is 8.97. The maximum absolute atomic E-state index is 12.5. The van der Waals surface area contributed by atoms with Gasteiger partial charge >= 0.3 is 0 Å². The van der Waals surface area contributed by atoms with Crippen molar-refractivity contribution in [1.29, 1.82) is 0 Å². The first-order chi connectivity index (χ1) is 13.7. The minimum atomic E-state index is -3.74. The van der Waals surface area contributed by atoms with E-state index in [0.29, 0.717) is 6.54 Å². The molecule has 3 aromatic rings. The van der Waals surface area contributed by atoms with Crippen LogP contribution in [0.4, 0.5) is 5.69 Å². The number of hydrogen-bond donors (Lipinski definition) is 2. The lowest BCUT2D eigenvalue weighted by molar-refractivity contribution is 0.0951. The molecule has 0 aliphatic rings. The lowest BCUT2D eigenvalue weighted by Crippen LogP contribution is -2.23. The van der Waals surface area contributed by atoms with Crippen molar-refractivity contribution in [2.45, 2.75) is 25.3 Å². The van der Waals surface area contributed by atoms with Gasteiger partial charge in [-0.15, -0.1) is 0 Å². The second-order valence-electron chi connectivity index (χ2n) is 6.78. The van der Waals surface area contributed by atoms with Gasteiger partial charge in [-0.3, -0.25) is 9.52 Å². The average molecular weight is 429 g/mol. The van der Waals surface area contributed by atoms with Gasteiger partial charge in [-0.2, -0.15) is 0 Å². The van der Waals surface area contributed by atoms with Crippen LogP contribution in [-0.4, -0.2) is 14.3 Å². The van der Waals surface area contributed by atoms with Gasteiger partial charge in [0.1, 0.15) is 0 Å². The summed E-state index contributed by atoms with van der Waals surface area (Å²) in [6.45, 7) is 4.25. The van der Waals surface area contributed by atoms with E-state index in [0.717, 1.165) is 16.7 Å². The molecule has 150 valence electrons. The second kappa shape index (κ2) is 8.68. The highest BCUT2D eigenvalue weighted by molar-refractivity contribution is 7.92. The maximum Gasteiger partial charge on any atom is 0.261 e. The third kappa shape index (κ3) is 5.37. The van der Waals surface area contributed by atoms with Gasteiger partial charge in [-0.25, -0.2) is 8.42 Å². The zero-order valence-corrected chi connectivity index (χ0v) is 17.6. The Bertz CT molecular complexity index is 1130. The number of carbonyl (C=O) groups excluding carboxylic acids is 1. The van der Waals surface area contributed by atoms with Crippen LogP contribution in [0.1, 0.15) is 27.0 Å². The molecule has 0 aliphatic heterocycles. The van der Waals surface area contributed by atoms with E-state index < -0.39 is 10.0 Å². The minimum absolute atomic E-state index is 0.152. The molecule has 0 fully saturated rings. The molecule has 3 rings (SSSR count). The lowest BCUT2D eigenvalue weighted by atomic mass is 10.1. The molecule has 0 heterocycles. The number of amides is 1. The van der Waals surface area contributed by atoms with Gasteiger partial charge in [0.15, 0.2) is 0 Å². The molecular formula is C22H21ClN2O3S. The van der Waals surface area contributed by atoms with Crippen molar-refractivity contribution < 1.29 is 13.2 Å². The van der Waals surface area contributed by atoms with Gasteiger partial charge in [0.05, 0.1) is 21.2 Å². The summed E-state index contributed by atoms with van der Waals surface area (Å²) in [5.41, 5.74) is 3.64. The number of hydrogen-bond acceptors (Lipinski definition) is 3. The number of sulfonamides is 1. The van der Waals surface area contributed by atoms with E-state index in [1.807, 2.05) is 38.1 Å². The summed E-state index contributed by atoms with van der Waals surface area (Å²) in [5, 5.41) is 2.97. The van der Waals surface area contributed by atoms with Crippen LogP contribution in [0, 0.1) is 13.8 Å². The van der Waals surface area contributed by atoms with E-state index in [1.165, 1.54) is 30.3 Å². The molecule has 5 nitrogen and oxygen atoms in total. The standard InChI is InChI=1S/C22H21ClN2O3S/c1-15-3-7-17(8-4-15)14-24-22(26)20-12-9-18(13-21(20)23)25-29(27,28)19-10-5-16(2)6-11-19/h3-13,25H,14H2,1-2H3,(H,24,26). The third-order valence-corrected chi connectivity index (χ3v) is 6.08. The van der Waals surface area contributed by atoms with Gasteiger partial charge in [0.2, 0.25) is 0 Å². The molecule has 3 aromatic carbocycles. The molecule has 0 unspecified atom stereocenters. The number of benzene rings is 3. The molecule has 1 amide bonds. The summed E-state index contributed by atoms with van der Waals surface area (Å²) in [6, 6.07) is 18.8. The Morgan fingerprint density at radius 1 is 0.897 bits per heavy atom. The fourth-order valence-electron chi connectivity index (χ4n) is 2.68. The van der Waals surface area contributed by atoms with Crippen molar-refractivity contribution in [1.82, 2.24) is 5.32 Å². The lowest BCUT2D eigenvalue weighted by Gasteiger charge is -2.11. The van der Waals surface area contributed by atoms with Crippen LogP contribution in [0.3, 0.4) is 0 Å². The first kappa shape index (κ1) is 20.9. The quantitative estimate of drug-likeness (QED) is 0.598. The van der Waals surface area contributed by atoms with Gasteiger partial charge in [0.25, 0.3) is 15.9 Å². The second-order valence-corrected chi connectivity index (χ2v) is 8.87. The fraction of sp³-hybridized carbons (Fsp3) is 0.136. The molecule has 2 N–H and O–H groups in total. The van der Waals surface area contributed by atoms with E-state index in [4.69, 9.17) is 11.6 Å². The topological polar surface area (TPSA) is 75.3 Å². The third-order valence-electron chi connectivity index (χ3n) is 4.37. The Morgan fingerprint density at radius 2 is 1.48 bits per heavy atom. The zero-order chi connectivity index (χ0) is 21.0. The highest BCUT2D eigenvalue weighted by atomic mass is 35.5. The smallest absolute Gasteiger partial charge is 0.261 e. The number of carbonyl (C=O) groups is 1. The van der Waals surface area contributed by atoms with Crippen molar-refractivity contribution in [3.05, 3.63) is 94.0 Å². The SMILES string of the molecule is Cc1ccc(CNC(=O)c2ccc(NS(=O)(=O)c3ccc(C)cc3)cc2Cl)cc1. The van der Waals surface area contributed by atoms with E-state index in [1.54, 1.807) is 12.1 Å². The molecule has 0 bridgehead atoms. The number of halogens is 1. The molecule has 0 atom stereocenters. The average Bonchev–Trinajstić information content (AvgIpc) is 2.67. The van der Waals surface area contributed by atoms with Gasteiger partial charge in [-0.1, -0.05) is 59.1 Å². The first-order valence-corrected chi connectivity index (χ1v) is 10.8. The van der Waals surface area contributed by atoms with Crippen molar-refractivity contribution in [3.8, 4) is 0 Å². The molecule has 0 radical (unpaired) electrons. The van der Waals surface area contributed by atoms with Crippen molar-refractivity contribution in [2.24, 2.45) is 0 Å². The van der Waals surface area contributed by atoms with Gasteiger partial charge in [0, 0.05) is 6.54 Å². The highest BCUT2D eigenvalue weighted by Crippen LogP contribution is 2.23. The molecule has 0 saturated heterocycles. The largest absolute Gasteiger partial charge is 0.348 e. The van der Waals surface area contributed by atoms with Crippen LogP contribution < -0.4 is 10.0 Å². The van der Waals surface area contributed by atoms with Crippen molar-refractivity contribution in [2.75, 3.05) is 4.72 Å². The summed E-state index contributed by atoms with van der Waals surface area (Å²) in [5.74, 6) is -0.330. The summed E-state index contributed by atoms with van der Waals surface area (Å²) >= 11 is 6.23. The van der Waals surface area contributed by atoms with Crippen LogP contribution in [0.5, 0.6) is 0 Å². The van der Waals surface area contributed by atoms with Crippen LogP contribution >= 0.6 is 11.6 Å². The number of nitrogens with one attached hydrogen (secondary N) is 2. The van der Waals surface area contributed by atoms with Crippen LogP contribution in [-0.2, 0) is 16.6 Å². The molecule has 0 aromatic heterocycles. The van der Waals surface area contributed by atoms with Gasteiger partial charge < -0.3 is 5.32 Å². The molecular weight excluding hydrogens is 408 g/mol. The number of anilines is 1. The molecule has 0 spiro atoms. The Kier molecular flexibility index (Phi) is 6.25. The maximum atomic E-state index is 12.5. The predicted octanol–water partition coefficient (Wildman–Crippen LogP) is 4.69. The van der Waals surface area contributed by atoms with Crippen molar-refractivity contribution in [3.63, 3.8) is 0 Å². The monoisotopic (exact) mass is 428 g/mol.